The summed E-state index contributed by atoms with van der Waals surface area (Å²) in [7, 11) is 1.78. The lowest BCUT2D eigenvalue weighted by Crippen LogP contribution is -2.20. The number of esters is 1. The highest BCUT2D eigenvalue weighted by molar-refractivity contribution is 7.20. The number of amides is 1. The standard InChI is InChI=1S/C20H20N4O3S/c1-5-27-20(26)17-10(2)16-18(21-11(3)22-19(16)28-17)23-13-6-7-14-12(8-13)9-15(25)24(14)4/h6-8H,5,9H2,1-4H3,(H,21,22,23). The number of hydrogen-bond acceptors (Lipinski definition) is 7. The van der Waals surface area contributed by atoms with E-state index < -0.39 is 0 Å². The van der Waals surface area contributed by atoms with Crippen LogP contribution >= 0.6 is 11.3 Å². The van der Waals surface area contributed by atoms with Gasteiger partial charge in [0.15, 0.2) is 0 Å². The molecule has 144 valence electrons. The third-order valence-electron chi connectivity index (χ3n) is 4.78. The molecule has 8 heteroatoms. The number of thiophene rings is 1. The maximum absolute atomic E-state index is 12.3. The second kappa shape index (κ2) is 6.87. The zero-order chi connectivity index (χ0) is 20.0. The minimum atomic E-state index is -0.342. The lowest BCUT2D eigenvalue weighted by Gasteiger charge is -2.12. The zero-order valence-corrected chi connectivity index (χ0v) is 16.9. The molecule has 28 heavy (non-hydrogen) atoms. The van der Waals surface area contributed by atoms with Crippen LogP contribution in [-0.4, -0.2) is 35.5 Å². The number of fused-ring (bicyclic) bond motifs is 2. The molecule has 1 N–H and O–H groups in total. The van der Waals surface area contributed by atoms with Gasteiger partial charge in [-0.25, -0.2) is 14.8 Å². The first kappa shape index (κ1) is 18.4. The Bertz CT molecular complexity index is 1120. The predicted octanol–water partition coefficient (Wildman–Crippen LogP) is 3.75. The fourth-order valence-electron chi connectivity index (χ4n) is 3.41. The predicted molar refractivity (Wildman–Crippen MR) is 110 cm³/mol. The largest absolute Gasteiger partial charge is 0.462 e. The number of aryl methyl sites for hydroxylation is 2. The van der Waals surface area contributed by atoms with Crippen LogP contribution in [0.1, 0.15) is 33.5 Å². The van der Waals surface area contributed by atoms with E-state index in [9.17, 15) is 9.59 Å². The SMILES string of the molecule is CCOC(=O)c1sc2nc(C)nc(Nc3ccc4c(c3)CC(=O)N4C)c2c1C. The van der Waals surface area contributed by atoms with Gasteiger partial charge >= 0.3 is 5.97 Å². The molecule has 2 aromatic heterocycles. The molecular formula is C20H20N4O3S. The lowest BCUT2D eigenvalue weighted by molar-refractivity contribution is -0.117. The molecule has 0 unspecified atom stereocenters. The summed E-state index contributed by atoms with van der Waals surface area (Å²) in [5, 5.41) is 4.16. The van der Waals surface area contributed by atoms with Crippen LogP contribution in [0, 0.1) is 13.8 Å². The number of aromatic nitrogens is 2. The molecule has 0 bridgehead atoms. The highest BCUT2D eigenvalue weighted by Crippen LogP contribution is 2.36. The monoisotopic (exact) mass is 396 g/mol. The molecule has 0 aliphatic carbocycles. The third-order valence-corrected chi connectivity index (χ3v) is 5.95. The molecule has 0 saturated carbocycles. The van der Waals surface area contributed by atoms with Gasteiger partial charge in [0.2, 0.25) is 5.91 Å². The van der Waals surface area contributed by atoms with Crippen LogP contribution in [0.15, 0.2) is 18.2 Å². The van der Waals surface area contributed by atoms with Gasteiger partial charge in [-0.05, 0) is 50.1 Å². The van der Waals surface area contributed by atoms with Crippen LogP contribution < -0.4 is 10.2 Å². The first-order valence-corrected chi connectivity index (χ1v) is 9.82. The van der Waals surface area contributed by atoms with Crippen molar-refractivity contribution < 1.29 is 14.3 Å². The number of carbonyl (C=O) groups excluding carboxylic acids is 2. The topological polar surface area (TPSA) is 84.4 Å². The first-order chi connectivity index (χ1) is 13.4. The normalized spacial score (nSPS) is 13.1. The summed E-state index contributed by atoms with van der Waals surface area (Å²) in [6.07, 6.45) is 0.393. The molecule has 0 fully saturated rings. The number of carbonyl (C=O) groups is 2. The summed E-state index contributed by atoms with van der Waals surface area (Å²) < 4.78 is 5.16. The summed E-state index contributed by atoms with van der Waals surface area (Å²) in [5.74, 6) is 0.998. The van der Waals surface area contributed by atoms with Crippen molar-refractivity contribution in [2.75, 3.05) is 23.9 Å². The molecule has 7 nitrogen and oxygen atoms in total. The van der Waals surface area contributed by atoms with Gasteiger partial charge in [-0.3, -0.25) is 4.79 Å². The van der Waals surface area contributed by atoms with Gasteiger partial charge in [0.25, 0.3) is 0 Å². The molecule has 0 radical (unpaired) electrons. The van der Waals surface area contributed by atoms with E-state index in [-0.39, 0.29) is 11.9 Å². The summed E-state index contributed by atoms with van der Waals surface area (Å²) >= 11 is 1.31. The van der Waals surface area contributed by atoms with Crippen molar-refractivity contribution in [1.29, 1.82) is 0 Å². The van der Waals surface area contributed by atoms with Crippen LogP contribution in [0.4, 0.5) is 17.2 Å². The number of nitrogens with zero attached hydrogens (tertiary/aromatic N) is 3. The van der Waals surface area contributed by atoms with Crippen LogP contribution in [0.5, 0.6) is 0 Å². The maximum atomic E-state index is 12.3. The average molecular weight is 396 g/mol. The lowest BCUT2D eigenvalue weighted by atomic mass is 10.1. The second-order valence-corrected chi connectivity index (χ2v) is 7.67. The Morgan fingerprint density at radius 2 is 2.11 bits per heavy atom. The minimum Gasteiger partial charge on any atom is -0.462 e. The molecule has 1 amide bonds. The molecule has 1 aliphatic rings. The second-order valence-electron chi connectivity index (χ2n) is 6.67. The van der Waals surface area contributed by atoms with Crippen LogP contribution in [0.3, 0.4) is 0 Å². The Morgan fingerprint density at radius 3 is 2.86 bits per heavy atom. The molecule has 1 aliphatic heterocycles. The van der Waals surface area contributed by atoms with Gasteiger partial charge in [-0.1, -0.05) is 0 Å². The number of hydrogen-bond donors (Lipinski definition) is 1. The molecule has 0 saturated heterocycles. The van der Waals surface area contributed by atoms with E-state index in [0.717, 1.165) is 32.7 Å². The number of anilines is 3. The Labute approximate surface area is 166 Å². The number of benzene rings is 1. The summed E-state index contributed by atoms with van der Waals surface area (Å²) in [6.45, 7) is 5.81. The van der Waals surface area contributed by atoms with Crippen LogP contribution in [0.2, 0.25) is 0 Å². The van der Waals surface area contributed by atoms with Gasteiger partial charge in [0, 0.05) is 18.4 Å². The van der Waals surface area contributed by atoms with Gasteiger partial charge in [0.05, 0.1) is 18.4 Å². The maximum Gasteiger partial charge on any atom is 0.348 e. The van der Waals surface area contributed by atoms with E-state index in [1.807, 2.05) is 32.0 Å². The van der Waals surface area contributed by atoms with Gasteiger partial charge in [-0.2, -0.15) is 0 Å². The van der Waals surface area contributed by atoms with E-state index in [1.54, 1.807) is 18.9 Å². The molecular weight excluding hydrogens is 376 g/mol. The van der Waals surface area contributed by atoms with E-state index in [2.05, 4.69) is 15.3 Å². The van der Waals surface area contributed by atoms with Crippen molar-refractivity contribution >= 4 is 50.6 Å². The Morgan fingerprint density at radius 1 is 1.32 bits per heavy atom. The highest BCUT2D eigenvalue weighted by Gasteiger charge is 2.25. The molecule has 0 atom stereocenters. The van der Waals surface area contributed by atoms with Crippen molar-refractivity contribution in [2.45, 2.75) is 27.2 Å². The van der Waals surface area contributed by atoms with Crippen molar-refractivity contribution in [2.24, 2.45) is 0 Å². The quantitative estimate of drug-likeness (QED) is 0.676. The summed E-state index contributed by atoms with van der Waals surface area (Å²) in [6, 6.07) is 5.82. The van der Waals surface area contributed by atoms with Gasteiger partial charge in [-0.15, -0.1) is 11.3 Å². The van der Waals surface area contributed by atoms with E-state index in [0.29, 0.717) is 29.5 Å². The number of nitrogens with one attached hydrogen (secondary N) is 1. The van der Waals surface area contributed by atoms with E-state index >= 15 is 0 Å². The Kier molecular flexibility index (Phi) is 4.50. The molecule has 4 rings (SSSR count). The average Bonchev–Trinajstić information content (AvgIpc) is 3.12. The smallest absolute Gasteiger partial charge is 0.348 e. The highest BCUT2D eigenvalue weighted by atomic mass is 32.1. The minimum absolute atomic E-state index is 0.0835. The third kappa shape index (κ3) is 2.99. The fourth-order valence-corrected chi connectivity index (χ4v) is 4.53. The Hall–Kier alpha value is -3.00. The van der Waals surface area contributed by atoms with Gasteiger partial charge < -0.3 is 15.0 Å². The number of ether oxygens (including phenoxy) is 1. The van der Waals surface area contributed by atoms with Crippen molar-refractivity contribution in [3.05, 3.63) is 40.0 Å². The van der Waals surface area contributed by atoms with Crippen molar-refractivity contribution in [3.63, 3.8) is 0 Å². The molecule has 0 spiro atoms. The van der Waals surface area contributed by atoms with E-state index in [4.69, 9.17) is 4.74 Å². The first-order valence-electron chi connectivity index (χ1n) is 9.00. The van der Waals surface area contributed by atoms with E-state index in [1.165, 1.54) is 11.3 Å². The summed E-state index contributed by atoms with van der Waals surface area (Å²) in [4.78, 5) is 36.2. The Balaban J connectivity index is 1.76. The number of rotatable bonds is 4. The van der Waals surface area contributed by atoms with Crippen LogP contribution in [0.25, 0.3) is 10.2 Å². The molecule has 1 aromatic carbocycles. The molecule has 3 heterocycles. The molecule has 3 aromatic rings. The van der Waals surface area contributed by atoms with Gasteiger partial charge in [0.1, 0.15) is 21.3 Å². The van der Waals surface area contributed by atoms with Crippen molar-refractivity contribution in [1.82, 2.24) is 9.97 Å². The fraction of sp³-hybridized carbons (Fsp3) is 0.300. The number of likely N-dealkylation sites (N-methyl/N-ethyl adjacent to an activating group) is 1. The van der Waals surface area contributed by atoms with Crippen molar-refractivity contribution in [3.8, 4) is 0 Å². The summed E-state index contributed by atoms with van der Waals surface area (Å²) in [5.41, 5.74) is 3.55. The zero-order valence-electron chi connectivity index (χ0n) is 16.1. The van der Waals surface area contributed by atoms with Crippen LogP contribution in [-0.2, 0) is 16.0 Å².